The summed E-state index contributed by atoms with van der Waals surface area (Å²) in [5, 5.41) is 2.88. The fraction of sp³-hybridized carbons (Fsp3) is 0.333. The molecule has 0 bridgehead atoms. The summed E-state index contributed by atoms with van der Waals surface area (Å²) in [7, 11) is 0. The maximum atomic E-state index is 11.6. The van der Waals surface area contributed by atoms with Gasteiger partial charge in [-0.1, -0.05) is 0 Å². The molecule has 5 heteroatoms. The molecule has 0 unspecified atom stereocenters. The lowest BCUT2D eigenvalue weighted by molar-refractivity contribution is -0.117. The van der Waals surface area contributed by atoms with Gasteiger partial charge in [0.25, 0.3) is 0 Å². The average Bonchev–Trinajstić information content (AvgIpc) is 2.97. The molecule has 0 N–H and O–H groups in total. The highest BCUT2D eigenvalue weighted by Gasteiger charge is 2.24. The molecule has 0 atom stereocenters. The summed E-state index contributed by atoms with van der Waals surface area (Å²) >= 11 is 3.29. The van der Waals surface area contributed by atoms with Gasteiger partial charge in [-0.3, -0.25) is 9.69 Å². The molecular weight excluding hydrogens is 252 g/mol. The fourth-order valence-electron chi connectivity index (χ4n) is 1.92. The van der Waals surface area contributed by atoms with Crippen molar-refractivity contribution in [2.24, 2.45) is 0 Å². The van der Waals surface area contributed by atoms with E-state index in [0.717, 1.165) is 23.8 Å². The number of amides is 1. The van der Waals surface area contributed by atoms with Crippen LogP contribution in [0.15, 0.2) is 17.5 Å². The van der Waals surface area contributed by atoms with Crippen molar-refractivity contribution in [3.05, 3.63) is 22.4 Å². The Labute approximate surface area is 108 Å². The zero-order chi connectivity index (χ0) is 11.8. The zero-order valence-corrected chi connectivity index (χ0v) is 11.1. The highest BCUT2D eigenvalue weighted by molar-refractivity contribution is 7.17. The Morgan fingerprint density at radius 3 is 2.94 bits per heavy atom. The zero-order valence-electron chi connectivity index (χ0n) is 9.47. The molecule has 3 rings (SSSR count). The summed E-state index contributed by atoms with van der Waals surface area (Å²) in [6, 6.07) is 4.19. The highest BCUT2D eigenvalue weighted by atomic mass is 32.1. The normalized spacial score (nSPS) is 15.8. The maximum absolute atomic E-state index is 11.6. The SMILES string of the molecule is Cc1ccc(-c2csc(N3CCCC3=O)n2)s1. The van der Waals surface area contributed by atoms with Gasteiger partial charge in [0.05, 0.1) is 10.6 Å². The fourth-order valence-corrected chi connectivity index (χ4v) is 3.69. The van der Waals surface area contributed by atoms with Crippen LogP contribution >= 0.6 is 22.7 Å². The number of aryl methyl sites for hydroxylation is 1. The van der Waals surface area contributed by atoms with Gasteiger partial charge in [-0.05, 0) is 25.5 Å². The summed E-state index contributed by atoms with van der Waals surface area (Å²) in [6.07, 6.45) is 1.61. The molecule has 0 spiro atoms. The second kappa shape index (κ2) is 4.23. The van der Waals surface area contributed by atoms with E-state index in [9.17, 15) is 4.79 Å². The molecule has 0 radical (unpaired) electrons. The van der Waals surface area contributed by atoms with Crippen LogP contribution in [0.3, 0.4) is 0 Å². The van der Waals surface area contributed by atoms with Gasteiger partial charge in [-0.15, -0.1) is 22.7 Å². The first-order valence-electron chi connectivity index (χ1n) is 5.57. The van der Waals surface area contributed by atoms with Crippen molar-refractivity contribution in [3.63, 3.8) is 0 Å². The van der Waals surface area contributed by atoms with Crippen LogP contribution in [0.2, 0.25) is 0 Å². The Bertz CT molecular complexity index is 558. The molecule has 2 aromatic heterocycles. The molecule has 2 aromatic rings. The van der Waals surface area contributed by atoms with E-state index in [1.54, 1.807) is 27.6 Å². The van der Waals surface area contributed by atoms with Crippen molar-refractivity contribution in [1.82, 2.24) is 4.98 Å². The van der Waals surface area contributed by atoms with Gasteiger partial charge in [-0.2, -0.15) is 0 Å². The van der Waals surface area contributed by atoms with Gasteiger partial charge in [-0.25, -0.2) is 4.98 Å². The average molecular weight is 264 g/mol. The van der Waals surface area contributed by atoms with E-state index in [1.165, 1.54) is 9.75 Å². The van der Waals surface area contributed by atoms with E-state index in [1.807, 2.05) is 5.38 Å². The first-order chi connectivity index (χ1) is 8.24. The van der Waals surface area contributed by atoms with E-state index in [-0.39, 0.29) is 5.91 Å². The summed E-state index contributed by atoms with van der Waals surface area (Å²) in [6.45, 7) is 2.90. The molecule has 0 saturated carbocycles. The minimum atomic E-state index is 0.202. The van der Waals surface area contributed by atoms with E-state index in [0.29, 0.717) is 6.42 Å². The van der Waals surface area contributed by atoms with Gasteiger partial charge < -0.3 is 0 Å². The molecule has 1 fully saturated rings. The van der Waals surface area contributed by atoms with E-state index in [4.69, 9.17) is 0 Å². The Balaban J connectivity index is 1.90. The van der Waals surface area contributed by atoms with E-state index >= 15 is 0 Å². The molecular formula is C12H12N2OS2. The van der Waals surface area contributed by atoms with Gasteiger partial charge in [0.15, 0.2) is 5.13 Å². The minimum absolute atomic E-state index is 0.202. The summed E-state index contributed by atoms with van der Waals surface area (Å²) in [5.74, 6) is 0.202. The lowest BCUT2D eigenvalue weighted by atomic mass is 10.4. The van der Waals surface area contributed by atoms with E-state index in [2.05, 4.69) is 24.0 Å². The number of nitrogens with zero attached hydrogens (tertiary/aromatic N) is 2. The van der Waals surface area contributed by atoms with Crippen LogP contribution in [0, 0.1) is 6.92 Å². The molecule has 1 aliphatic rings. The van der Waals surface area contributed by atoms with Gasteiger partial charge in [0, 0.05) is 23.2 Å². The molecule has 0 aromatic carbocycles. The highest BCUT2D eigenvalue weighted by Crippen LogP contribution is 2.33. The van der Waals surface area contributed by atoms with E-state index < -0.39 is 0 Å². The number of carbonyl (C=O) groups is 1. The van der Waals surface area contributed by atoms with Crippen LogP contribution in [0.4, 0.5) is 5.13 Å². The lowest BCUT2D eigenvalue weighted by Crippen LogP contribution is -2.23. The van der Waals surface area contributed by atoms with Crippen LogP contribution in [0.25, 0.3) is 10.6 Å². The number of aromatic nitrogens is 1. The molecule has 88 valence electrons. The van der Waals surface area contributed by atoms with Crippen molar-refractivity contribution in [2.45, 2.75) is 19.8 Å². The quantitative estimate of drug-likeness (QED) is 0.833. The Hall–Kier alpha value is -1.20. The number of carbonyl (C=O) groups excluding carboxylic acids is 1. The Kier molecular flexibility index (Phi) is 2.72. The third-order valence-electron chi connectivity index (χ3n) is 2.79. The molecule has 1 amide bonds. The van der Waals surface area contributed by atoms with Crippen LogP contribution in [0.5, 0.6) is 0 Å². The van der Waals surface area contributed by atoms with Crippen molar-refractivity contribution in [2.75, 3.05) is 11.4 Å². The summed E-state index contributed by atoms with van der Waals surface area (Å²) in [5.41, 5.74) is 0.989. The molecule has 3 nitrogen and oxygen atoms in total. The lowest BCUT2D eigenvalue weighted by Gasteiger charge is -2.10. The van der Waals surface area contributed by atoms with Crippen LogP contribution in [0.1, 0.15) is 17.7 Å². The standard InChI is InChI=1S/C12H12N2OS2/c1-8-4-5-10(17-8)9-7-16-12(13-9)14-6-2-3-11(14)15/h4-5,7H,2-3,6H2,1H3. The predicted octanol–water partition coefficient (Wildman–Crippen LogP) is 3.31. The molecule has 17 heavy (non-hydrogen) atoms. The number of hydrogen-bond acceptors (Lipinski definition) is 4. The van der Waals surface area contributed by atoms with Gasteiger partial charge >= 0.3 is 0 Å². The predicted molar refractivity (Wildman–Crippen MR) is 71.8 cm³/mol. The maximum Gasteiger partial charge on any atom is 0.228 e. The van der Waals surface area contributed by atoms with Crippen LogP contribution in [-0.2, 0) is 4.79 Å². The molecule has 3 heterocycles. The van der Waals surface area contributed by atoms with Crippen LogP contribution in [-0.4, -0.2) is 17.4 Å². The number of hydrogen-bond donors (Lipinski definition) is 0. The second-order valence-electron chi connectivity index (χ2n) is 4.07. The number of rotatable bonds is 2. The first-order valence-corrected chi connectivity index (χ1v) is 7.26. The Morgan fingerprint density at radius 1 is 1.41 bits per heavy atom. The van der Waals surface area contributed by atoms with Crippen molar-refractivity contribution < 1.29 is 4.79 Å². The monoisotopic (exact) mass is 264 g/mol. The molecule has 1 aliphatic heterocycles. The van der Waals surface area contributed by atoms with Gasteiger partial charge in [0.2, 0.25) is 5.91 Å². The topological polar surface area (TPSA) is 33.2 Å². The van der Waals surface area contributed by atoms with Crippen molar-refractivity contribution >= 4 is 33.7 Å². The smallest absolute Gasteiger partial charge is 0.228 e. The number of thiophene rings is 1. The number of thiazole rings is 1. The summed E-state index contributed by atoms with van der Waals surface area (Å²) in [4.78, 5) is 20.4. The second-order valence-corrected chi connectivity index (χ2v) is 6.20. The minimum Gasteiger partial charge on any atom is -0.288 e. The van der Waals surface area contributed by atoms with Crippen LogP contribution < -0.4 is 4.90 Å². The third-order valence-corrected chi connectivity index (χ3v) is 4.68. The molecule has 0 aliphatic carbocycles. The summed E-state index contributed by atoms with van der Waals surface area (Å²) < 4.78 is 0. The largest absolute Gasteiger partial charge is 0.288 e. The number of anilines is 1. The Morgan fingerprint density at radius 2 is 2.29 bits per heavy atom. The van der Waals surface area contributed by atoms with Crippen molar-refractivity contribution in [3.8, 4) is 10.6 Å². The van der Waals surface area contributed by atoms with Gasteiger partial charge in [0.1, 0.15) is 0 Å². The third kappa shape index (κ3) is 2.00. The molecule has 1 saturated heterocycles. The van der Waals surface area contributed by atoms with Crippen molar-refractivity contribution in [1.29, 1.82) is 0 Å². The first kappa shape index (κ1) is 10.9.